The summed E-state index contributed by atoms with van der Waals surface area (Å²) < 4.78 is 4.52. The van der Waals surface area contributed by atoms with E-state index in [9.17, 15) is 4.79 Å². The zero-order valence-corrected chi connectivity index (χ0v) is 7.51. The summed E-state index contributed by atoms with van der Waals surface area (Å²) in [5, 5.41) is 14.9. The Morgan fingerprint density at radius 3 is 3.14 bits per heavy atom. The number of carbonyl (C=O) groups is 1. The number of hydrogen-bond acceptors (Lipinski definition) is 6. The first-order valence-electron chi connectivity index (χ1n) is 4.14. The van der Waals surface area contributed by atoms with Crippen LogP contribution in [0.25, 0.3) is 0 Å². The van der Waals surface area contributed by atoms with Crippen molar-refractivity contribution in [3.63, 3.8) is 0 Å². The molecule has 7 heteroatoms. The van der Waals surface area contributed by atoms with Crippen LogP contribution in [0.4, 0.5) is 0 Å². The molecule has 0 aliphatic heterocycles. The summed E-state index contributed by atoms with van der Waals surface area (Å²) in [6, 6.07) is -0.875. The molecule has 1 aromatic heterocycles. The summed E-state index contributed by atoms with van der Waals surface area (Å²) in [4.78, 5) is 14.1. The van der Waals surface area contributed by atoms with E-state index in [2.05, 4.69) is 20.0 Å². The Hall–Kier alpha value is -1.47. The largest absolute Gasteiger partial charge is 0.480 e. The number of rotatable bonds is 6. The van der Waals surface area contributed by atoms with Crippen molar-refractivity contribution in [2.75, 3.05) is 13.1 Å². The van der Waals surface area contributed by atoms with Gasteiger partial charge in [-0.2, -0.15) is 4.98 Å². The van der Waals surface area contributed by atoms with Gasteiger partial charge in [-0.15, -0.1) is 0 Å². The third-order valence-electron chi connectivity index (χ3n) is 1.61. The molecule has 0 saturated heterocycles. The van der Waals surface area contributed by atoms with E-state index in [-0.39, 0.29) is 6.54 Å². The van der Waals surface area contributed by atoms with Crippen LogP contribution in [0, 0.1) is 0 Å². The molecule has 1 atom stereocenters. The van der Waals surface area contributed by atoms with Gasteiger partial charge in [0.1, 0.15) is 6.04 Å². The Labute approximate surface area is 80.3 Å². The molecular weight excluding hydrogens is 188 g/mol. The quantitative estimate of drug-likeness (QED) is 0.484. The van der Waals surface area contributed by atoms with Crippen molar-refractivity contribution in [2.45, 2.75) is 12.5 Å². The third kappa shape index (κ3) is 3.50. The van der Waals surface area contributed by atoms with Gasteiger partial charge in [0.2, 0.25) is 6.39 Å². The van der Waals surface area contributed by atoms with Crippen molar-refractivity contribution < 1.29 is 14.4 Å². The first-order chi connectivity index (χ1) is 6.70. The van der Waals surface area contributed by atoms with Gasteiger partial charge in [0.25, 0.3) is 0 Å². The lowest BCUT2D eigenvalue weighted by Gasteiger charge is -2.06. The molecule has 1 rings (SSSR count). The van der Waals surface area contributed by atoms with Crippen LogP contribution in [0.2, 0.25) is 0 Å². The minimum Gasteiger partial charge on any atom is -0.480 e. The molecule has 0 spiro atoms. The van der Waals surface area contributed by atoms with Gasteiger partial charge in [-0.25, -0.2) is 0 Å². The first kappa shape index (κ1) is 10.6. The highest BCUT2D eigenvalue weighted by atomic mass is 16.5. The number of nitrogens with one attached hydrogen (secondary N) is 1. The van der Waals surface area contributed by atoms with E-state index in [1.807, 2.05) is 0 Å². The molecule has 0 aromatic carbocycles. The van der Waals surface area contributed by atoms with Crippen LogP contribution in [0.5, 0.6) is 0 Å². The maximum atomic E-state index is 10.3. The molecule has 78 valence electrons. The number of nitrogens with two attached hydrogens (primary N) is 1. The predicted octanol–water partition coefficient (Wildman–Crippen LogP) is -1.39. The molecule has 1 unspecified atom stereocenters. The second kappa shape index (κ2) is 5.30. The molecular formula is C7H12N4O3. The summed E-state index contributed by atoms with van der Waals surface area (Å²) in [6.07, 6.45) is 1.83. The number of carboxylic acid groups (broad SMARTS) is 1. The molecule has 7 nitrogen and oxygen atoms in total. The molecule has 14 heavy (non-hydrogen) atoms. The normalized spacial score (nSPS) is 12.6. The monoisotopic (exact) mass is 200 g/mol. The average molecular weight is 200 g/mol. The van der Waals surface area contributed by atoms with Crippen molar-refractivity contribution in [1.82, 2.24) is 15.5 Å². The molecule has 0 amide bonds. The van der Waals surface area contributed by atoms with Gasteiger partial charge in [-0.05, 0) is 0 Å². The van der Waals surface area contributed by atoms with Gasteiger partial charge in [-0.3, -0.25) is 4.79 Å². The minimum absolute atomic E-state index is 0.229. The van der Waals surface area contributed by atoms with E-state index >= 15 is 0 Å². The van der Waals surface area contributed by atoms with Crippen LogP contribution in [-0.2, 0) is 11.2 Å². The van der Waals surface area contributed by atoms with Crippen molar-refractivity contribution >= 4 is 5.97 Å². The lowest BCUT2D eigenvalue weighted by atomic mass is 10.3. The summed E-state index contributed by atoms with van der Waals surface area (Å²) in [6.45, 7) is 0.799. The SMILES string of the molecule is NC(CNCCc1ncon1)C(=O)O. The smallest absolute Gasteiger partial charge is 0.321 e. The maximum absolute atomic E-state index is 10.3. The highest BCUT2D eigenvalue weighted by Gasteiger charge is 2.09. The fourth-order valence-corrected chi connectivity index (χ4v) is 0.848. The number of hydrogen-bond donors (Lipinski definition) is 3. The molecule has 0 saturated carbocycles. The van der Waals surface area contributed by atoms with Crippen LogP contribution in [0.15, 0.2) is 10.9 Å². The first-order valence-corrected chi connectivity index (χ1v) is 4.14. The summed E-state index contributed by atoms with van der Waals surface area (Å²) in [5.74, 6) is -0.432. The Kier molecular flexibility index (Phi) is 4.02. The van der Waals surface area contributed by atoms with Crippen LogP contribution in [0.1, 0.15) is 5.82 Å². The van der Waals surface area contributed by atoms with E-state index < -0.39 is 12.0 Å². The molecule has 4 N–H and O–H groups in total. The topological polar surface area (TPSA) is 114 Å². The number of nitrogens with zero attached hydrogens (tertiary/aromatic N) is 2. The second-order valence-corrected chi connectivity index (χ2v) is 2.75. The van der Waals surface area contributed by atoms with Gasteiger partial charge in [0.05, 0.1) is 0 Å². The van der Waals surface area contributed by atoms with E-state index in [1.165, 1.54) is 6.39 Å². The Bertz CT molecular complexity index is 274. The summed E-state index contributed by atoms with van der Waals surface area (Å²) in [5.41, 5.74) is 5.26. The van der Waals surface area contributed by atoms with Crippen molar-refractivity contribution in [3.05, 3.63) is 12.2 Å². The zero-order valence-electron chi connectivity index (χ0n) is 7.51. The molecule has 0 fully saturated rings. The molecule has 0 bridgehead atoms. The fraction of sp³-hybridized carbons (Fsp3) is 0.571. The van der Waals surface area contributed by atoms with Crippen molar-refractivity contribution in [1.29, 1.82) is 0 Å². The van der Waals surface area contributed by atoms with Crippen LogP contribution >= 0.6 is 0 Å². The van der Waals surface area contributed by atoms with E-state index in [0.717, 1.165) is 0 Å². The Balaban J connectivity index is 2.08. The lowest BCUT2D eigenvalue weighted by molar-refractivity contribution is -0.138. The molecule has 0 radical (unpaired) electrons. The van der Waals surface area contributed by atoms with Crippen molar-refractivity contribution in [3.8, 4) is 0 Å². The number of aliphatic carboxylic acids is 1. The highest BCUT2D eigenvalue weighted by Crippen LogP contribution is 1.87. The standard InChI is InChI=1S/C7H12N4O3/c8-5(7(12)13)3-9-2-1-6-10-4-14-11-6/h4-5,9H,1-3,8H2,(H,12,13). The van der Waals surface area contributed by atoms with Crippen LogP contribution in [0.3, 0.4) is 0 Å². The van der Waals surface area contributed by atoms with E-state index in [0.29, 0.717) is 18.8 Å². The Morgan fingerprint density at radius 2 is 2.57 bits per heavy atom. The highest BCUT2D eigenvalue weighted by molar-refractivity contribution is 5.73. The fourth-order valence-electron chi connectivity index (χ4n) is 0.848. The van der Waals surface area contributed by atoms with Gasteiger partial charge < -0.3 is 20.7 Å². The van der Waals surface area contributed by atoms with Gasteiger partial charge in [0, 0.05) is 19.5 Å². The van der Waals surface area contributed by atoms with Gasteiger partial charge in [0.15, 0.2) is 5.82 Å². The average Bonchev–Trinajstić information content (AvgIpc) is 2.64. The minimum atomic E-state index is -1.02. The second-order valence-electron chi connectivity index (χ2n) is 2.75. The summed E-state index contributed by atoms with van der Waals surface area (Å²) in [7, 11) is 0. The molecule has 1 heterocycles. The molecule has 1 aromatic rings. The van der Waals surface area contributed by atoms with Gasteiger partial charge in [-0.1, -0.05) is 5.16 Å². The molecule has 0 aliphatic rings. The number of aromatic nitrogens is 2. The maximum Gasteiger partial charge on any atom is 0.321 e. The lowest BCUT2D eigenvalue weighted by Crippen LogP contribution is -2.40. The number of carboxylic acids is 1. The van der Waals surface area contributed by atoms with E-state index in [4.69, 9.17) is 10.8 Å². The van der Waals surface area contributed by atoms with Crippen LogP contribution < -0.4 is 11.1 Å². The van der Waals surface area contributed by atoms with Gasteiger partial charge >= 0.3 is 5.97 Å². The Morgan fingerprint density at radius 1 is 1.79 bits per heavy atom. The third-order valence-corrected chi connectivity index (χ3v) is 1.61. The van der Waals surface area contributed by atoms with Crippen LogP contribution in [-0.4, -0.2) is 40.3 Å². The van der Waals surface area contributed by atoms with Crippen molar-refractivity contribution in [2.24, 2.45) is 5.73 Å². The van der Waals surface area contributed by atoms with E-state index in [1.54, 1.807) is 0 Å². The molecule has 0 aliphatic carbocycles. The zero-order chi connectivity index (χ0) is 10.4. The summed E-state index contributed by atoms with van der Waals surface area (Å²) >= 11 is 0. The predicted molar refractivity (Wildman–Crippen MR) is 46.5 cm³/mol.